The number of hydrogen-bond donors (Lipinski definition) is 11. The normalized spacial score (nSPS) is 23.7. The number of aliphatic hydroxyl groups excluding tert-OH is 2. The summed E-state index contributed by atoms with van der Waals surface area (Å²) in [5, 5.41) is 31.2. The first kappa shape index (κ1) is 71.4. The second-order valence-electron chi connectivity index (χ2n) is 19.9. The molecule has 90 heavy (non-hydrogen) atoms. The number of aryl methyl sites for hydroxylation is 2. The summed E-state index contributed by atoms with van der Waals surface area (Å²) in [7, 11) is -20.5. The highest BCUT2D eigenvalue weighted by molar-refractivity contribution is 7.66. The number of nitrogens with one attached hydrogen (secondary N) is 3. The SMILES string of the molecule is COC1C[C@H](n2cc(C#CCCCCc3cn(CCOCCOCCC(=O)NCC#Cc4cn([C@H]5CC(O)[C@@H](COP(=O)(O)OP(=O)(O)OP(=O)(O)O)O5)c(=O)nc4N)nn3)c(=O)[nH]c2=O)O[C@@H]1COP(=O)(O)OC1C[C@H](n2cc(C)c(=O)[nH]c2=O)O[C@@H]1CO. The van der Waals surface area contributed by atoms with Crippen molar-refractivity contribution >= 4 is 43.0 Å². The van der Waals surface area contributed by atoms with Gasteiger partial charge in [-0.1, -0.05) is 28.9 Å². The van der Waals surface area contributed by atoms with Crippen molar-refractivity contribution in [2.75, 3.05) is 65.6 Å². The fraction of sp³-hybridized carbons (Fsp3) is 0.596. The van der Waals surface area contributed by atoms with Crippen LogP contribution >= 0.6 is 31.3 Å². The van der Waals surface area contributed by atoms with E-state index < -0.39 is 141 Å². The number of ether oxygens (including phenoxy) is 6. The molecule has 0 saturated carbocycles. The van der Waals surface area contributed by atoms with Gasteiger partial charge in [-0.15, -0.1) is 5.10 Å². The first-order chi connectivity index (χ1) is 42.5. The van der Waals surface area contributed by atoms with Crippen molar-refractivity contribution in [2.24, 2.45) is 0 Å². The average molecular weight is 1360 g/mol. The lowest BCUT2D eigenvalue weighted by molar-refractivity contribution is -0.122. The number of aromatic nitrogens is 9. The van der Waals surface area contributed by atoms with Gasteiger partial charge in [0.05, 0.1) is 82.8 Å². The summed E-state index contributed by atoms with van der Waals surface area (Å²) >= 11 is 0. The van der Waals surface area contributed by atoms with Crippen molar-refractivity contribution in [1.29, 1.82) is 0 Å². The Morgan fingerprint density at radius 2 is 1.37 bits per heavy atom. The van der Waals surface area contributed by atoms with Crippen LogP contribution in [0.25, 0.3) is 0 Å². The number of hydrogen-bond acceptors (Lipinski definition) is 27. The molecule has 3 aliphatic rings. The molecule has 0 aromatic carbocycles. The van der Waals surface area contributed by atoms with Gasteiger partial charge >= 0.3 is 48.4 Å². The first-order valence-electron chi connectivity index (χ1n) is 27.1. The molecule has 7 heterocycles. The Morgan fingerprint density at radius 3 is 2.08 bits per heavy atom. The van der Waals surface area contributed by atoms with Crippen LogP contribution in [-0.2, 0) is 86.6 Å². The second kappa shape index (κ2) is 32.0. The van der Waals surface area contributed by atoms with Crippen LogP contribution in [-0.4, -0.2) is 181 Å². The highest BCUT2D eigenvalue weighted by Gasteiger charge is 2.45. The number of amides is 1. The first-order valence-corrected chi connectivity index (χ1v) is 33.1. The van der Waals surface area contributed by atoms with Crippen LogP contribution in [0.2, 0.25) is 0 Å². The van der Waals surface area contributed by atoms with E-state index in [0.717, 1.165) is 25.6 Å². The van der Waals surface area contributed by atoms with E-state index in [1.165, 1.54) is 26.4 Å². The minimum Gasteiger partial charge on any atom is -0.394 e. The maximum atomic E-state index is 13.1. The summed E-state index contributed by atoms with van der Waals surface area (Å²) in [6.45, 7) is 0.348. The average Bonchev–Trinajstić information content (AvgIpc) is 2.31. The standard InChI is InChI=1S/C47H65N11O28P4/c1-28-21-56(46(65)51-43(28)62)41-20-34(35(25-59)81-41)84-88(70,71)79-27-37-33(76-2)19-40(83-37)58-23-30(44(63)52-47(58)66)8-5-3-4-6-10-31-24-55(54-53-31)13-15-78-17-16-77-14-11-38(61)49-12-7-9-29-22-57(45(64)50-42(29)48)39-18-32(60)36(82-39)26-80-89(72,73)86-90(74,75)85-87(67,68)69/h21-24,32-37,39-41,59-60H,3-4,6,10-20,25-27H2,1-2H3,(H,49,61)(H,70,71)(H,72,73)(H,74,75)(H2,48,50,64)(H,51,62,65)(H,52,63,66)(H2,67,68,69)/t32?,33?,34?,35-,36-,37-,39-,40-,41-/m1/s1. The molecule has 496 valence electrons. The van der Waals surface area contributed by atoms with E-state index in [1.807, 2.05) is 0 Å². The lowest BCUT2D eigenvalue weighted by Crippen LogP contribution is -2.33. The zero-order valence-corrected chi connectivity index (χ0v) is 51.3. The number of carbonyl (C=O) groups is 1. The molecule has 0 bridgehead atoms. The number of phosphoric ester groups is 2. The van der Waals surface area contributed by atoms with Crippen LogP contribution in [0, 0.1) is 30.6 Å². The molecule has 12 atom stereocenters. The van der Waals surface area contributed by atoms with E-state index in [9.17, 15) is 71.9 Å². The number of nitrogens with two attached hydrogens (primary N) is 1. The molecule has 7 rings (SSSR count). The van der Waals surface area contributed by atoms with Crippen LogP contribution in [0.4, 0.5) is 5.82 Å². The molecule has 0 radical (unpaired) electrons. The monoisotopic (exact) mass is 1360 g/mol. The Bertz CT molecular complexity index is 3810. The molecule has 3 aliphatic heterocycles. The maximum absolute atomic E-state index is 13.1. The van der Waals surface area contributed by atoms with Crippen LogP contribution in [0.15, 0.2) is 48.8 Å². The number of phosphoric acid groups is 4. The highest BCUT2D eigenvalue weighted by atomic mass is 31.3. The molecule has 6 unspecified atom stereocenters. The van der Waals surface area contributed by atoms with Crippen molar-refractivity contribution in [3.05, 3.63) is 99.3 Å². The van der Waals surface area contributed by atoms with Gasteiger partial charge in [0.15, 0.2) is 0 Å². The van der Waals surface area contributed by atoms with Crippen LogP contribution in [0.5, 0.6) is 0 Å². The number of aliphatic hydroxyl groups is 2. The lowest BCUT2D eigenvalue weighted by atomic mass is 10.1. The Balaban J connectivity index is 0.744. The van der Waals surface area contributed by atoms with Gasteiger partial charge < -0.3 is 74.2 Å². The van der Waals surface area contributed by atoms with Crippen molar-refractivity contribution in [2.45, 2.75) is 120 Å². The van der Waals surface area contributed by atoms with Gasteiger partial charge in [-0.25, -0.2) is 37.3 Å². The largest absolute Gasteiger partial charge is 0.490 e. The van der Waals surface area contributed by atoms with Gasteiger partial charge in [-0.05, 0) is 26.2 Å². The number of unbranched alkanes of at least 4 members (excludes halogenated alkanes) is 2. The van der Waals surface area contributed by atoms with E-state index in [1.54, 1.807) is 10.9 Å². The summed E-state index contributed by atoms with van der Waals surface area (Å²) in [5.41, 5.74) is 2.97. The number of rotatable bonds is 31. The number of anilines is 1. The predicted octanol–water partition coefficient (Wildman–Crippen LogP) is -2.44. The van der Waals surface area contributed by atoms with Crippen molar-refractivity contribution in [3.8, 4) is 23.7 Å². The predicted molar refractivity (Wildman–Crippen MR) is 301 cm³/mol. The Hall–Kier alpha value is -6.03. The third kappa shape index (κ3) is 21.3. The molecular weight excluding hydrogens is 1290 g/mol. The second-order valence-corrected chi connectivity index (χ2v) is 25.7. The molecule has 1 amide bonds. The molecule has 43 heteroatoms. The number of aromatic amines is 2. The lowest BCUT2D eigenvalue weighted by Gasteiger charge is -2.22. The number of carbonyl (C=O) groups excluding carboxylic acids is 1. The van der Waals surface area contributed by atoms with Crippen molar-refractivity contribution < 1.29 is 108 Å². The highest BCUT2D eigenvalue weighted by Crippen LogP contribution is 2.66. The van der Waals surface area contributed by atoms with E-state index in [2.05, 4.69) is 67.4 Å². The quantitative estimate of drug-likeness (QED) is 0.0142. The summed E-state index contributed by atoms with van der Waals surface area (Å²) in [5.74, 6) is 10.4. The van der Waals surface area contributed by atoms with Crippen LogP contribution < -0.4 is 39.2 Å². The zero-order valence-electron chi connectivity index (χ0n) is 47.7. The maximum Gasteiger partial charge on any atom is 0.490 e. The molecule has 0 spiro atoms. The fourth-order valence-electron chi connectivity index (χ4n) is 8.92. The molecule has 3 fully saturated rings. The molecule has 39 nitrogen and oxygen atoms in total. The van der Waals surface area contributed by atoms with E-state index >= 15 is 0 Å². The van der Waals surface area contributed by atoms with E-state index in [4.69, 9.17) is 53.0 Å². The van der Waals surface area contributed by atoms with Gasteiger partial charge in [-0.3, -0.25) is 51.6 Å². The minimum absolute atomic E-state index is 0.0117. The van der Waals surface area contributed by atoms with Gasteiger partial charge in [0, 0.05) is 69.6 Å². The Morgan fingerprint density at radius 1 is 0.744 bits per heavy atom. The van der Waals surface area contributed by atoms with E-state index in [0.29, 0.717) is 38.8 Å². The number of H-pyrrole nitrogens is 2. The molecular formula is C47H65N11O28P4. The molecule has 4 aromatic rings. The topological polar surface area (TPSA) is 542 Å². The van der Waals surface area contributed by atoms with Crippen LogP contribution in [0.1, 0.15) is 86.0 Å². The number of nitrogens with zero attached hydrogens (tertiary/aromatic N) is 7. The zero-order chi connectivity index (χ0) is 65.6. The van der Waals surface area contributed by atoms with Gasteiger partial charge in [0.25, 0.3) is 11.1 Å². The summed E-state index contributed by atoms with van der Waals surface area (Å²) in [6.07, 6.45) is -2.87. The summed E-state index contributed by atoms with van der Waals surface area (Å²) < 4.78 is 109. The Labute approximate surface area is 507 Å². The third-order valence-corrected chi connectivity index (χ3v) is 18.1. The van der Waals surface area contributed by atoms with Crippen LogP contribution in [0.3, 0.4) is 0 Å². The summed E-state index contributed by atoms with van der Waals surface area (Å²) in [6, 6.07) is 0. The number of methoxy groups -OCH3 is 1. The van der Waals surface area contributed by atoms with Crippen molar-refractivity contribution in [3.63, 3.8) is 0 Å². The minimum atomic E-state index is -5.79. The smallest absolute Gasteiger partial charge is 0.394 e. The van der Waals surface area contributed by atoms with E-state index in [-0.39, 0.29) is 74.6 Å². The van der Waals surface area contributed by atoms with Crippen molar-refractivity contribution in [1.82, 2.24) is 49.0 Å². The summed E-state index contributed by atoms with van der Waals surface area (Å²) in [4.78, 5) is 130. The molecule has 12 N–H and O–H groups in total. The molecule has 0 aliphatic carbocycles. The Kier molecular flexibility index (Phi) is 25.4. The van der Waals surface area contributed by atoms with Gasteiger partial charge in [0.2, 0.25) is 5.91 Å². The number of nitrogen functional groups attached to an aromatic ring is 1. The third-order valence-electron chi connectivity index (χ3n) is 13.3. The fourth-order valence-corrected chi connectivity index (χ4v) is 12.9. The molecule has 3 saturated heterocycles. The van der Waals surface area contributed by atoms with Gasteiger partial charge in [-0.2, -0.15) is 13.6 Å². The van der Waals surface area contributed by atoms with Gasteiger partial charge in [0.1, 0.15) is 54.5 Å². The molecule has 4 aromatic heterocycles.